The van der Waals surface area contributed by atoms with E-state index in [2.05, 4.69) is 30.3 Å². The van der Waals surface area contributed by atoms with E-state index in [0.717, 1.165) is 75.2 Å². The minimum Gasteiger partial charge on any atom is -0.463 e. The van der Waals surface area contributed by atoms with Crippen LogP contribution in [0, 0.1) is 0 Å². The van der Waals surface area contributed by atoms with E-state index in [-0.39, 0.29) is 12.2 Å². The maximum atomic E-state index is 12.3. The normalized spacial score (nSPS) is 18.7. The second kappa shape index (κ2) is 12.4. The summed E-state index contributed by atoms with van der Waals surface area (Å²) in [6.07, 6.45) is 7.21. The Morgan fingerprint density at radius 3 is 2.57 bits per heavy atom. The first kappa shape index (κ1) is 25.5. The summed E-state index contributed by atoms with van der Waals surface area (Å²) in [7, 11) is 0. The molecule has 0 aromatic heterocycles. The van der Waals surface area contributed by atoms with Crippen molar-refractivity contribution in [2.24, 2.45) is 0 Å². The number of fused-ring (bicyclic) bond motifs is 1. The van der Waals surface area contributed by atoms with Crippen LogP contribution in [-0.4, -0.2) is 43.1 Å². The van der Waals surface area contributed by atoms with E-state index in [0.29, 0.717) is 13.2 Å². The minimum absolute atomic E-state index is 0.222. The van der Waals surface area contributed by atoms with E-state index in [4.69, 9.17) is 18.9 Å². The van der Waals surface area contributed by atoms with Crippen molar-refractivity contribution in [2.45, 2.75) is 77.3 Å². The first-order valence-electron chi connectivity index (χ1n) is 13.0. The second-order valence-corrected chi connectivity index (χ2v) is 9.95. The van der Waals surface area contributed by atoms with Crippen molar-refractivity contribution < 1.29 is 23.7 Å². The van der Waals surface area contributed by atoms with Gasteiger partial charge in [-0.25, -0.2) is 4.79 Å². The Balaban J connectivity index is 1.05. The van der Waals surface area contributed by atoms with Crippen LogP contribution in [0.2, 0.25) is 0 Å². The summed E-state index contributed by atoms with van der Waals surface area (Å²) in [4.78, 5) is 14.2. The summed E-state index contributed by atoms with van der Waals surface area (Å²) in [5.74, 6) is 0.224. The molecular formula is C29H39NO5. The first-order chi connectivity index (χ1) is 17.0. The quantitative estimate of drug-likeness (QED) is 0.309. The molecule has 1 fully saturated rings. The lowest BCUT2D eigenvalue weighted by atomic mass is 10.0. The molecule has 1 atom stereocenters. The topological polar surface area (TPSA) is 57.2 Å². The number of carbonyl (C=O) groups is 1. The lowest BCUT2D eigenvalue weighted by molar-refractivity contribution is -0.180. The number of rotatable bonds is 13. The first-order valence-corrected chi connectivity index (χ1v) is 13.0. The molecule has 4 rings (SSSR count). The van der Waals surface area contributed by atoms with Gasteiger partial charge in [0, 0.05) is 39.2 Å². The Morgan fingerprint density at radius 1 is 0.971 bits per heavy atom. The average Bonchev–Trinajstić information content (AvgIpc) is 3.22. The molecule has 0 bridgehead atoms. The van der Waals surface area contributed by atoms with E-state index in [1.807, 2.05) is 36.9 Å². The Kier molecular flexibility index (Phi) is 9.05. The molecule has 35 heavy (non-hydrogen) atoms. The molecule has 1 amide bonds. The number of hydrogen-bond donors (Lipinski definition) is 0. The van der Waals surface area contributed by atoms with E-state index < -0.39 is 5.79 Å². The lowest BCUT2D eigenvalue weighted by Crippen LogP contribution is -2.35. The molecule has 6 nitrogen and oxygen atoms in total. The zero-order chi connectivity index (χ0) is 24.5. The number of benzene rings is 2. The van der Waals surface area contributed by atoms with E-state index in [9.17, 15) is 4.79 Å². The van der Waals surface area contributed by atoms with Gasteiger partial charge in [0.15, 0.2) is 0 Å². The zero-order valence-corrected chi connectivity index (χ0v) is 21.2. The number of nitrogens with zero attached hydrogens (tertiary/aromatic N) is 1. The molecule has 2 aliphatic rings. The Labute approximate surface area is 209 Å². The lowest BCUT2D eigenvalue weighted by Gasteiger charge is -2.32. The van der Waals surface area contributed by atoms with Crippen LogP contribution in [0.1, 0.15) is 75.2 Å². The van der Waals surface area contributed by atoms with Gasteiger partial charge in [-0.05, 0) is 55.4 Å². The van der Waals surface area contributed by atoms with Gasteiger partial charge in [-0.1, -0.05) is 49.2 Å². The van der Waals surface area contributed by atoms with Crippen molar-refractivity contribution in [3.8, 4) is 5.75 Å². The van der Waals surface area contributed by atoms with Crippen LogP contribution >= 0.6 is 0 Å². The molecule has 0 unspecified atom stereocenters. The number of amides is 1. The van der Waals surface area contributed by atoms with Crippen LogP contribution in [0.5, 0.6) is 5.75 Å². The number of hydrogen-bond acceptors (Lipinski definition) is 5. The van der Waals surface area contributed by atoms with Gasteiger partial charge in [-0.2, -0.15) is 0 Å². The maximum absolute atomic E-state index is 12.3. The van der Waals surface area contributed by atoms with Crippen LogP contribution in [-0.2, 0) is 27.2 Å². The van der Waals surface area contributed by atoms with Gasteiger partial charge >= 0.3 is 6.09 Å². The van der Waals surface area contributed by atoms with E-state index >= 15 is 0 Å². The molecule has 2 aromatic rings. The molecular weight excluding hydrogens is 442 g/mol. The number of cyclic esters (lactones) is 1. The number of unbranched alkanes of at least 4 members (excludes halogenated alkanes) is 4. The van der Waals surface area contributed by atoms with E-state index in [1.54, 1.807) is 0 Å². The largest absolute Gasteiger partial charge is 0.463 e. The standard InChI is InChI=1S/C29H39NO5/c1-29(2)33-22-25-20-24(15-16-26(25)35-29)27-21-30(28(31)34-27)17-9-3-4-10-18-32-19-11-8-14-23-12-6-5-7-13-23/h5-7,12-13,15-16,20,27H,3-4,8-11,14,17-19,21-22H2,1-2H3/t27-/m0/s1. The summed E-state index contributed by atoms with van der Waals surface area (Å²) in [5, 5.41) is 0. The van der Waals surface area contributed by atoms with Gasteiger partial charge in [0.25, 0.3) is 0 Å². The molecule has 0 aliphatic carbocycles. The summed E-state index contributed by atoms with van der Waals surface area (Å²) >= 11 is 0. The summed E-state index contributed by atoms with van der Waals surface area (Å²) in [6, 6.07) is 16.6. The van der Waals surface area contributed by atoms with Crippen molar-refractivity contribution in [3.05, 3.63) is 65.2 Å². The fraction of sp³-hybridized carbons (Fsp3) is 0.552. The Hall–Kier alpha value is -2.57. The molecule has 0 saturated carbocycles. The summed E-state index contributed by atoms with van der Waals surface area (Å²) < 4.78 is 23.0. The van der Waals surface area contributed by atoms with Crippen LogP contribution in [0.3, 0.4) is 0 Å². The zero-order valence-electron chi connectivity index (χ0n) is 21.2. The van der Waals surface area contributed by atoms with Crippen molar-refractivity contribution in [1.82, 2.24) is 4.90 Å². The smallest absolute Gasteiger partial charge is 0.410 e. The van der Waals surface area contributed by atoms with Gasteiger partial charge in [-0.3, -0.25) is 0 Å². The number of carbonyl (C=O) groups excluding carboxylic acids is 1. The van der Waals surface area contributed by atoms with Crippen LogP contribution in [0.25, 0.3) is 0 Å². The molecule has 0 N–H and O–H groups in total. The predicted molar refractivity (Wildman–Crippen MR) is 135 cm³/mol. The minimum atomic E-state index is -0.611. The summed E-state index contributed by atoms with van der Waals surface area (Å²) in [6.45, 7) is 7.30. The Bertz CT molecular complexity index is 945. The van der Waals surface area contributed by atoms with Gasteiger partial charge < -0.3 is 23.8 Å². The average molecular weight is 482 g/mol. The van der Waals surface area contributed by atoms with Crippen molar-refractivity contribution in [2.75, 3.05) is 26.3 Å². The third-order valence-electron chi connectivity index (χ3n) is 6.59. The Morgan fingerprint density at radius 2 is 1.74 bits per heavy atom. The molecule has 6 heteroatoms. The van der Waals surface area contributed by atoms with Crippen LogP contribution < -0.4 is 4.74 Å². The second-order valence-electron chi connectivity index (χ2n) is 9.95. The highest BCUT2D eigenvalue weighted by atomic mass is 16.7. The third-order valence-corrected chi connectivity index (χ3v) is 6.59. The monoisotopic (exact) mass is 481 g/mol. The summed E-state index contributed by atoms with van der Waals surface area (Å²) in [5.41, 5.74) is 3.39. The van der Waals surface area contributed by atoms with Gasteiger partial charge in [0.2, 0.25) is 5.79 Å². The molecule has 1 saturated heterocycles. The van der Waals surface area contributed by atoms with Gasteiger partial charge in [0.1, 0.15) is 11.9 Å². The van der Waals surface area contributed by atoms with Crippen molar-refractivity contribution in [3.63, 3.8) is 0 Å². The van der Waals surface area contributed by atoms with Crippen molar-refractivity contribution >= 4 is 6.09 Å². The third kappa shape index (κ3) is 7.71. The highest BCUT2D eigenvalue weighted by Gasteiger charge is 2.33. The fourth-order valence-electron chi connectivity index (χ4n) is 4.56. The highest BCUT2D eigenvalue weighted by Crippen LogP contribution is 2.35. The molecule has 0 radical (unpaired) electrons. The highest BCUT2D eigenvalue weighted by molar-refractivity contribution is 5.70. The molecule has 0 spiro atoms. The van der Waals surface area contributed by atoms with Gasteiger partial charge in [-0.15, -0.1) is 0 Å². The molecule has 2 heterocycles. The number of aryl methyl sites for hydroxylation is 1. The fourth-order valence-corrected chi connectivity index (χ4v) is 4.56. The predicted octanol–water partition coefficient (Wildman–Crippen LogP) is 6.42. The molecule has 2 aliphatic heterocycles. The number of ether oxygens (including phenoxy) is 4. The van der Waals surface area contributed by atoms with E-state index in [1.165, 1.54) is 12.0 Å². The van der Waals surface area contributed by atoms with Gasteiger partial charge in [0.05, 0.1) is 13.2 Å². The van der Waals surface area contributed by atoms with Crippen LogP contribution in [0.4, 0.5) is 4.79 Å². The molecule has 190 valence electrons. The van der Waals surface area contributed by atoms with Crippen LogP contribution in [0.15, 0.2) is 48.5 Å². The molecule has 2 aromatic carbocycles. The van der Waals surface area contributed by atoms with Crippen molar-refractivity contribution in [1.29, 1.82) is 0 Å². The maximum Gasteiger partial charge on any atom is 0.410 e. The SMILES string of the molecule is CC1(C)OCc2cc([C@@H]3CN(CCCCCCOCCCCc4ccccc4)C(=O)O3)ccc2O1.